The van der Waals surface area contributed by atoms with E-state index in [0.717, 1.165) is 38.4 Å². The van der Waals surface area contributed by atoms with Crippen molar-refractivity contribution in [1.29, 1.82) is 0 Å². The summed E-state index contributed by atoms with van der Waals surface area (Å²) < 4.78 is 67.8. The van der Waals surface area contributed by atoms with Crippen LogP contribution >= 0.6 is 0 Å². The quantitative estimate of drug-likeness (QED) is 0.830. The molecule has 23 heavy (non-hydrogen) atoms. The van der Waals surface area contributed by atoms with Crippen molar-refractivity contribution in [2.45, 2.75) is 30.5 Å². The van der Waals surface area contributed by atoms with Gasteiger partial charge in [0.15, 0.2) is 5.76 Å². The van der Waals surface area contributed by atoms with Crippen LogP contribution in [0.1, 0.15) is 29.8 Å². The SMILES string of the molecule is CN(CC(F)(F)F)C(=O)c1ccc(S(=O)(=O)N2CCCCC2)o1. The molecule has 1 aromatic rings. The smallest absolute Gasteiger partial charge is 0.406 e. The van der Waals surface area contributed by atoms with Gasteiger partial charge in [-0.2, -0.15) is 17.5 Å². The number of hydrogen-bond acceptors (Lipinski definition) is 4. The van der Waals surface area contributed by atoms with E-state index in [-0.39, 0.29) is 0 Å². The van der Waals surface area contributed by atoms with E-state index in [4.69, 9.17) is 4.42 Å². The van der Waals surface area contributed by atoms with E-state index in [9.17, 15) is 26.4 Å². The summed E-state index contributed by atoms with van der Waals surface area (Å²) >= 11 is 0. The van der Waals surface area contributed by atoms with Gasteiger partial charge in [0.1, 0.15) is 6.54 Å². The maximum absolute atomic E-state index is 12.3. The van der Waals surface area contributed by atoms with Crippen LogP contribution < -0.4 is 0 Å². The Kier molecular flexibility index (Phi) is 5.04. The zero-order chi connectivity index (χ0) is 17.3. The van der Waals surface area contributed by atoms with Crippen molar-refractivity contribution < 1.29 is 30.8 Å². The van der Waals surface area contributed by atoms with E-state index in [1.807, 2.05) is 0 Å². The molecule has 0 aromatic carbocycles. The molecule has 1 aliphatic heterocycles. The second-order valence-corrected chi connectivity index (χ2v) is 7.23. The topological polar surface area (TPSA) is 70.8 Å². The molecule has 6 nitrogen and oxygen atoms in total. The Balaban J connectivity index is 2.15. The summed E-state index contributed by atoms with van der Waals surface area (Å²) in [4.78, 5) is 12.3. The fourth-order valence-electron chi connectivity index (χ4n) is 2.34. The predicted molar refractivity (Wildman–Crippen MR) is 74.3 cm³/mol. The first kappa shape index (κ1) is 17.8. The normalized spacial score (nSPS) is 17.2. The van der Waals surface area contributed by atoms with Gasteiger partial charge in [0.2, 0.25) is 5.09 Å². The molecule has 1 aliphatic rings. The van der Waals surface area contributed by atoms with Crippen LogP contribution in [-0.2, 0) is 10.0 Å². The second kappa shape index (κ2) is 6.52. The van der Waals surface area contributed by atoms with Gasteiger partial charge in [0.05, 0.1) is 0 Å². The number of halogens is 3. The number of alkyl halides is 3. The van der Waals surface area contributed by atoms with E-state index < -0.39 is 39.5 Å². The van der Waals surface area contributed by atoms with Gasteiger partial charge >= 0.3 is 6.18 Å². The van der Waals surface area contributed by atoms with Crippen LogP contribution in [0.3, 0.4) is 0 Å². The zero-order valence-electron chi connectivity index (χ0n) is 12.5. The fraction of sp³-hybridized carbons (Fsp3) is 0.615. The Hall–Kier alpha value is -1.55. The molecule has 1 amide bonds. The third-order valence-electron chi connectivity index (χ3n) is 3.46. The highest BCUT2D eigenvalue weighted by Gasteiger charge is 2.34. The molecule has 0 spiro atoms. The molecule has 0 radical (unpaired) electrons. The third-order valence-corrected chi connectivity index (χ3v) is 5.24. The number of piperidine rings is 1. The summed E-state index contributed by atoms with van der Waals surface area (Å²) in [6, 6.07) is 2.17. The average Bonchev–Trinajstić information content (AvgIpc) is 2.96. The molecular weight excluding hydrogens is 337 g/mol. The molecule has 1 saturated heterocycles. The highest BCUT2D eigenvalue weighted by atomic mass is 32.2. The molecule has 1 aromatic heterocycles. The molecule has 0 atom stereocenters. The van der Waals surface area contributed by atoms with Crippen LogP contribution in [0.25, 0.3) is 0 Å². The van der Waals surface area contributed by atoms with Crippen molar-refractivity contribution in [3.8, 4) is 0 Å². The van der Waals surface area contributed by atoms with Crippen molar-refractivity contribution in [1.82, 2.24) is 9.21 Å². The van der Waals surface area contributed by atoms with Crippen LogP contribution in [0, 0.1) is 0 Å². The number of sulfonamides is 1. The van der Waals surface area contributed by atoms with E-state index in [1.54, 1.807) is 0 Å². The highest BCUT2D eigenvalue weighted by Crippen LogP contribution is 2.23. The molecular formula is C13H17F3N2O4S. The van der Waals surface area contributed by atoms with E-state index in [2.05, 4.69) is 0 Å². The molecule has 2 rings (SSSR count). The Morgan fingerprint density at radius 1 is 1.26 bits per heavy atom. The standard InChI is InChI=1S/C13H17F3N2O4S/c1-17(9-13(14,15)16)12(19)10-5-6-11(22-10)23(20,21)18-7-3-2-4-8-18/h5-6H,2-4,7-9H2,1H3. The van der Waals surface area contributed by atoms with E-state index in [0.29, 0.717) is 18.0 Å². The first-order chi connectivity index (χ1) is 10.6. The van der Waals surface area contributed by atoms with Crippen LogP contribution in [0.5, 0.6) is 0 Å². The number of furan rings is 1. The van der Waals surface area contributed by atoms with Gasteiger partial charge in [-0.25, -0.2) is 8.42 Å². The summed E-state index contributed by atoms with van der Waals surface area (Å²) in [5.74, 6) is -1.46. The summed E-state index contributed by atoms with van der Waals surface area (Å²) in [6.45, 7) is -0.721. The van der Waals surface area contributed by atoms with Gasteiger partial charge in [0.25, 0.3) is 15.9 Å². The lowest BCUT2D eigenvalue weighted by Gasteiger charge is -2.24. The van der Waals surface area contributed by atoms with Gasteiger partial charge in [-0.15, -0.1) is 0 Å². The monoisotopic (exact) mass is 354 g/mol. The van der Waals surface area contributed by atoms with Crippen molar-refractivity contribution in [2.24, 2.45) is 0 Å². The number of carbonyl (C=O) groups is 1. The number of amides is 1. The maximum atomic E-state index is 12.3. The Morgan fingerprint density at radius 2 is 1.87 bits per heavy atom. The van der Waals surface area contributed by atoms with Gasteiger partial charge in [0, 0.05) is 20.1 Å². The molecule has 1 fully saturated rings. The fourth-order valence-corrected chi connectivity index (χ4v) is 3.76. The molecule has 0 aliphatic carbocycles. The largest absolute Gasteiger partial charge is 0.438 e. The molecule has 0 saturated carbocycles. The van der Waals surface area contributed by atoms with Crippen LogP contribution in [-0.4, -0.2) is 56.4 Å². The number of hydrogen-bond donors (Lipinski definition) is 0. The van der Waals surface area contributed by atoms with Gasteiger partial charge in [-0.1, -0.05) is 6.42 Å². The molecule has 0 N–H and O–H groups in total. The Bertz CT molecular complexity index is 663. The Labute approximate surface area is 131 Å². The lowest BCUT2D eigenvalue weighted by Crippen LogP contribution is -2.36. The van der Waals surface area contributed by atoms with Crippen molar-refractivity contribution in [3.63, 3.8) is 0 Å². The van der Waals surface area contributed by atoms with Gasteiger partial charge < -0.3 is 9.32 Å². The van der Waals surface area contributed by atoms with E-state index >= 15 is 0 Å². The van der Waals surface area contributed by atoms with Crippen LogP contribution in [0.2, 0.25) is 0 Å². The second-order valence-electron chi connectivity index (χ2n) is 5.36. The van der Waals surface area contributed by atoms with Gasteiger partial charge in [-0.05, 0) is 25.0 Å². The lowest BCUT2D eigenvalue weighted by molar-refractivity contribution is -0.138. The molecule has 10 heteroatoms. The summed E-state index contributed by atoms with van der Waals surface area (Å²) in [7, 11) is -2.89. The molecule has 2 heterocycles. The highest BCUT2D eigenvalue weighted by molar-refractivity contribution is 7.89. The maximum Gasteiger partial charge on any atom is 0.406 e. The van der Waals surface area contributed by atoms with Crippen LogP contribution in [0.15, 0.2) is 21.6 Å². The molecule has 0 bridgehead atoms. The first-order valence-corrected chi connectivity index (χ1v) is 8.47. The molecule has 0 unspecified atom stereocenters. The minimum Gasteiger partial charge on any atom is -0.438 e. The lowest BCUT2D eigenvalue weighted by atomic mass is 10.2. The van der Waals surface area contributed by atoms with Crippen molar-refractivity contribution in [3.05, 3.63) is 17.9 Å². The third kappa shape index (κ3) is 4.25. The van der Waals surface area contributed by atoms with Crippen LogP contribution in [0.4, 0.5) is 13.2 Å². The zero-order valence-corrected chi connectivity index (χ0v) is 13.3. The summed E-state index contributed by atoms with van der Waals surface area (Å²) in [6.07, 6.45) is -2.13. The van der Waals surface area contributed by atoms with E-state index in [1.165, 1.54) is 4.31 Å². The average molecular weight is 354 g/mol. The summed E-state index contributed by atoms with van der Waals surface area (Å²) in [5, 5.41) is -0.428. The Morgan fingerprint density at radius 3 is 2.43 bits per heavy atom. The predicted octanol–water partition coefficient (Wildman–Crippen LogP) is 2.09. The van der Waals surface area contributed by atoms with Gasteiger partial charge in [-0.3, -0.25) is 4.79 Å². The number of carbonyl (C=O) groups excluding carboxylic acids is 1. The first-order valence-electron chi connectivity index (χ1n) is 7.03. The number of rotatable bonds is 4. The molecule has 130 valence electrons. The van der Waals surface area contributed by atoms with Crippen molar-refractivity contribution >= 4 is 15.9 Å². The summed E-state index contributed by atoms with van der Waals surface area (Å²) in [5.41, 5.74) is 0. The minimum absolute atomic E-state index is 0.361. The van der Waals surface area contributed by atoms with Crippen molar-refractivity contribution in [2.75, 3.05) is 26.7 Å². The number of nitrogens with zero attached hydrogens (tertiary/aromatic N) is 2. The minimum atomic E-state index is -4.54.